The highest BCUT2D eigenvalue weighted by Crippen LogP contribution is 1.98. The smallest absolute Gasteiger partial charge is 0.136 e. The lowest BCUT2D eigenvalue weighted by Gasteiger charge is -2.14. The third kappa shape index (κ3) is 6.27. The lowest BCUT2D eigenvalue weighted by atomic mass is 10.1. The number of hydrogen-bond donors (Lipinski definition) is 3. The van der Waals surface area contributed by atoms with E-state index in [0.717, 1.165) is 25.5 Å². The summed E-state index contributed by atoms with van der Waals surface area (Å²) in [6, 6.07) is -0.239. The number of aldehydes is 1. The van der Waals surface area contributed by atoms with Gasteiger partial charge in [0.1, 0.15) is 12.5 Å². The molecule has 2 unspecified atom stereocenters. The molecule has 4 N–H and O–H groups in total. The standard InChI is InChI=1S/C8H18N2O2/c1-7(12)10-8(6-11)4-2-3-5-9/h6-8,10,12H,2-5,9H2,1H3. The summed E-state index contributed by atoms with van der Waals surface area (Å²) in [6.07, 6.45) is 2.78. The highest BCUT2D eigenvalue weighted by atomic mass is 16.3. The molecule has 0 aliphatic rings. The molecule has 0 aromatic carbocycles. The third-order valence-corrected chi connectivity index (χ3v) is 1.59. The van der Waals surface area contributed by atoms with Crippen molar-refractivity contribution in [2.75, 3.05) is 6.54 Å². The first-order chi connectivity index (χ1) is 5.70. The molecule has 4 nitrogen and oxygen atoms in total. The van der Waals surface area contributed by atoms with Crippen LogP contribution in [0.3, 0.4) is 0 Å². The molecule has 0 radical (unpaired) electrons. The molecule has 2 atom stereocenters. The lowest BCUT2D eigenvalue weighted by molar-refractivity contribution is -0.110. The van der Waals surface area contributed by atoms with Crippen molar-refractivity contribution in [2.45, 2.75) is 38.5 Å². The summed E-state index contributed by atoms with van der Waals surface area (Å²) in [5, 5.41) is 11.7. The number of nitrogens with two attached hydrogens (primary N) is 1. The van der Waals surface area contributed by atoms with Crippen molar-refractivity contribution in [3.8, 4) is 0 Å². The molecule has 0 spiro atoms. The van der Waals surface area contributed by atoms with Crippen LogP contribution in [0, 0.1) is 0 Å². The summed E-state index contributed by atoms with van der Waals surface area (Å²) < 4.78 is 0. The van der Waals surface area contributed by atoms with E-state index in [2.05, 4.69) is 5.32 Å². The van der Waals surface area contributed by atoms with E-state index >= 15 is 0 Å². The molecule has 0 fully saturated rings. The molecule has 0 aromatic rings. The van der Waals surface area contributed by atoms with Crippen LogP contribution >= 0.6 is 0 Å². The van der Waals surface area contributed by atoms with E-state index in [1.54, 1.807) is 6.92 Å². The lowest BCUT2D eigenvalue weighted by Crippen LogP contribution is -2.37. The molecule has 0 saturated carbocycles. The maximum Gasteiger partial charge on any atom is 0.136 e. The Bertz CT molecular complexity index is 118. The van der Waals surface area contributed by atoms with Crippen molar-refractivity contribution in [1.29, 1.82) is 0 Å². The predicted molar refractivity (Wildman–Crippen MR) is 47.6 cm³/mol. The number of rotatable bonds is 7. The zero-order valence-electron chi connectivity index (χ0n) is 7.49. The van der Waals surface area contributed by atoms with Gasteiger partial charge in [0.25, 0.3) is 0 Å². The van der Waals surface area contributed by atoms with Gasteiger partial charge in [-0.15, -0.1) is 0 Å². The predicted octanol–water partition coefficient (Wildman–Crippen LogP) is -0.389. The average Bonchev–Trinajstić information content (AvgIpc) is 2.02. The summed E-state index contributed by atoms with van der Waals surface area (Å²) in [5.41, 5.74) is 5.30. The first-order valence-corrected chi connectivity index (χ1v) is 4.30. The maximum absolute atomic E-state index is 10.4. The Morgan fingerprint density at radius 2 is 2.25 bits per heavy atom. The highest BCUT2D eigenvalue weighted by molar-refractivity contribution is 5.57. The van der Waals surface area contributed by atoms with E-state index in [4.69, 9.17) is 10.8 Å². The Morgan fingerprint density at radius 3 is 2.67 bits per heavy atom. The van der Waals surface area contributed by atoms with Gasteiger partial charge in [0.05, 0.1) is 6.04 Å². The van der Waals surface area contributed by atoms with Crippen LogP contribution in [-0.2, 0) is 4.79 Å². The minimum Gasteiger partial charge on any atom is -0.379 e. The van der Waals surface area contributed by atoms with E-state index in [9.17, 15) is 4.79 Å². The normalized spacial score (nSPS) is 15.6. The summed E-state index contributed by atoms with van der Waals surface area (Å²) in [4.78, 5) is 10.4. The van der Waals surface area contributed by atoms with Gasteiger partial charge in [-0.2, -0.15) is 0 Å². The SMILES string of the molecule is CC(O)NC(C=O)CCCCN. The Morgan fingerprint density at radius 1 is 1.58 bits per heavy atom. The molecule has 12 heavy (non-hydrogen) atoms. The molecule has 0 heterocycles. The second kappa shape index (κ2) is 7.21. The number of aliphatic hydroxyl groups is 1. The van der Waals surface area contributed by atoms with Crippen molar-refractivity contribution < 1.29 is 9.90 Å². The van der Waals surface area contributed by atoms with Crippen LogP contribution in [0.25, 0.3) is 0 Å². The molecular weight excluding hydrogens is 156 g/mol. The van der Waals surface area contributed by atoms with Gasteiger partial charge in [0, 0.05) is 0 Å². The van der Waals surface area contributed by atoms with Crippen molar-refractivity contribution in [3.05, 3.63) is 0 Å². The first-order valence-electron chi connectivity index (χ1n) is 4.30. The van der Waals surface area contributed by atoms with Crippen LogP contribution in [0.5, 0.6) is 0 Å². The van der Waals surface area contributed by atoms with E-state index < -0.39 is 6.23 Å². The zero-order valence-corrected chi connectivity index (χ0v) is 7.49. The zero-order chi connectivity index (χ0) is 9.40. The van der Waals surface area contributed by atoms with Gasteiger partial charge >= 0.3 is 0 Å². The van der Waals surface area contributed by atoms with E-state index in [-0.39, 0.29) is 6.04 Å². The van der Waals surface area contributed by atoms with Crippen molar-refractivity contribution in [1.82, 2.24) is 5.32 Å². The molecule has 0 saturated heterocycles. The van der Waals surface area contributed by atoms with Gasteiger partial charge in [0.15, 0.2) is 0 Å². The topological polar surface area (TPSA) is 75.3 Å². The van der Waals surface area contributed by atoms with Crippen LogP contribution in [-0.4, -0.2) is 30.2 Å². The quantitative estimate of drug-likeness (QED) is 0.279. The minimum atomic E-state index is -0.627. The van der Waals surface area contributed by atoms with Gasteiger partial charge in [-0.3, -0.25) is 5.32 Å². The summed E-state index contributed by atoms with van der Waals surface area (Å²) in [5.74, 6) is 0. The average molecular weight is 174 g/mol. The van der Waals surface area contributed by atoms with Crippen LogP contribution in [0.15, 0.2) is 0 Å². The van der Waals surface area contributed by atoms with E-state index in [0.29, 0.717) is 6.54 Å². The van der Waals surface area contributed by atoms with Gasteiger partial charge in [-0.1, -0.05) is 6.42 Å². The minimum absolute atomic E-state index is 0.239. The number of carbonyl (C=O) groups excluding carboxylic acids is 1. The Balaban J connectivity index is 3.46. The fourth-order valence-electron chi connectivity index (χ4n) is 1.01. The van der Waals surface area contributed by atoms with E-state index in [1.807, 2.05) is 0 Å². The number of unbranched alkanes of at least 4 members (excludes halogenated alkanes) is 1. The maximum atomic E-state index is 10.4. The molecule has 0 rings (SSSR count). The molecule has 0 bridgehead atoms. The van der Waals surface area contributed by atoms with E-state index in [1.165, 1.54) is 0 Å². The molecule has 0 aliphatic heterocycles. The van der Waals surface area contributed by atoms with Crippen LogP contribution in [0.4, 0.5) is 0 Å². The second-order valence-electron chi connectivity index (χ2n) is 2.87. The summed E-state index contributed by atoms with van der Waals surface area (Å²) >= 11 is 0. The van der Waals surface area contributed by atoms with Crippen molar-refractivity contribution in [2.24, 2.45) is 5.73 Å². The fraction of sp³-hybridized carbons (Fsp3) is 0.875. The largest absolute Gasteiger partial charge is 0.379 e. The third-order valence-electron chi connectivity index (χ3n) is 1.59. The molecule has 4 heteroatoms. The number of nitrogens with one attached hydrogen (secondary N) is 1. The number of hydrogen-bond acceptors (Lipinski definition) is 4. The van der Waals surface area contributed by atoms with Gasteiger partial charge in [-0.25, -0.2) is 0 Å². The van der Waals surface area contributed by atoms with Crippen LogP contribution < -0.4 is 11.1 Å². The fourth-order valence-corrected chi connectivity index (χ4v) is 1.01. The Labute approximate surface area is 73.1 Å². The second-order valence-corrected chi connectivity index (χ2v) is 2.87. The van der Waals surface area contributed by atoms with Crippen LogP contribution in [0.2, 0.25) is 0 Å². The molecule has 0 amide bonds. The monoisotopic (exact) mass is 174 g/mol. The summed E-state index contributed by atoms with van der Waals surface area (Å²) in [7, 11) is 0. The molecule has 0 aliphatic carbocycles. The van der Waals surface area contributed by atoms with Crippen molar-refractivity contribution >= 4 is 6.29 Å². The van der Waals surface area contributed by atoms with Gasteiger partial charge in [-0.05, 0) is 26.3 Å². The van der Waals surface area contributed by atoms with Crippen LogP contribution in [0.1, 0.15) is 26.2 Å². The molecule has 0 aromatic heterocycles. The number of carbonyl (C=O) groups is 1. The highest BCUT2D eigenvalue weighted by Gasteiger charge is 2.07. The number of aliphatic hydroxyl groups excluding tert-OH is 1. The van der Waals surface area contributed by atoms with Gasteiger partial charge in [0.2, 0.25) is 0 Å². The molecule has 72 valence electrons. The Hall–Kier alpha value is -0.450. The first kappa shape index (κ1) is 11.6. The van der Waals surface area contributed by atoms with Crippen molar-refractivity contribution in [3.63, 3.8) is 0 Å². The summed E-state index contributed by atoms with van der Waals surface area (Å²) in [6.45, 7) is 2.25. The Kier molecular flexibility index (Phi) is 6.94. The van der Waals surface area contributed by atoms with Gasteiger partial charge < -0.3 is 15.6 Å². The molecular formula is C8H18N2O2.